The van der Waals surface area contributed by atoms with Gasteiger partial charge in [-0.3, -0.25) is 0 Å². The van der Waals surface area contributed by atoms with Crippen molar-refractivity contribution in [3.8, 4) is 0 Å². The first-order valence-corrected chi connectivity index (χ1v) is 10.2. The Bertz CT molecular complexity index is 505. The fourth-order valence-electron chi connectivity index (χ4n) is 3.30. The van der Waals surface area contributed by atoms with Crippen molar-refractivity contribution in [2.24, 2.45) is 0 Å². The fourth-order valence-corrected chi connectivity index (χ4v) is 12.4. The van der Waals surface area contributed by atoms with Crippen LogP contribution in [-0.2, 0) is 0 Å². The minimum atomic E-state index is 0.697. The first-order chi connectivity index (χ1) is 9.28. The second kappa shape index (κ2) is 4.50. The van der Waals surface area contributed by atoms with Gasteiger partial charge in [-0.2, -0.15) is 0 Å². The van der Waals surface area contributed by atoms with Gasteiger partial charge in [-0.05, 0) is 0 Å². The molecular formula is C17H16Se2. The van der Waals surface area contributed by atoms with Gasteiger partial charge in [0.05, 0.1) is 0 Å². The molecule has 0 amide bonds. The number of rotatable bonds is 4. The average Bonchev–Trinajstić information content (AvgIpc) is 2.37. The Hall–Kier alpha value is -0.521. The summed E-state index contributed by atoms with van der Waals surface area (Å²) < 4.78 is 4.67. The molecule has 3 fully saturated rings. The molecule has 3 aliphatic rings. The summed E-state index contributed by atoms with van der Waals surface area (Å²) in [6, 6.07) is 22.3. The second-order valence-corrected chi connectivity index (χ2v) is 12.2. The fraction of sp³-hybridized carbons (Fsp3) is 0.294. The third-order valence-electron chi connectivity index (χ3n) is 4.09. The zero-order valence-electron chi connectivity index (χ0n) is 10.7. The first-order valence-electron chi connectivity index (χ1n) is 6.76. The van der Waals surface area contributed by atoms with E-state index < -0.39 is 0 Å². The summed E-state index contributed by atoms with van der Waals surface area (Å²) in [6.07, 6.45) is 4.51. The molecule has 0 N–H and O–H groups in total. The van der Waals surface area contributed by atoms with Gasteiger partial charge < -0.3 is 0 Å². The summed E-state index contributed by atoms with van der Waals surface area (Å²) in [6.45, 7) is 0. The number of benzene rings is 2. The summed E-state index contributed by atoms with van der Waals surface area (Å²) in [5, 5.41) is 0. The average molecular weight is 378 g/mol. The van der Waals surface area contributed by atoms with E-state index in [-0.39, 0.29) is 0 Å². The SMILES string of the molecule is c1ccc([Se]C23CC([Se]c4ccccc4)(C2)C3)cc1. The van der Waals surface area contributed by atoms with Gasteiger partial charge in [0.2, 0.25) is 0 Å². The van der Waals surface area contributed by atoms with Crippen molar-refractivity contribution in [3.63, 3.8) is 0 Å². The van der Waals surface area contributed by atoms with Crippen LogP contribution in [0.1, 0.15) is 19.3 Å². The molecule has 96 valence electrons. The molecule has 0 aromatic heterocycles. The Balaban J connectivity index is 1.39. The Morgan fingerprint density at radius 3 is 1.32 bits per heavy atom. The van der Waals surface area contributed by atoms with Crippen molar-refractivity contribution < 1.29 is 0 Å². The van der Waals surface area contributed by atoms with Crippen LogP contribution in [0.4, 0.5) is 0 Å². The summed E-state index contributed by atoms with van der Waals surface area (Å²) in [7, 11) is 0. The molecule has 2 bridgehead atoms. The molecule has 3 aliphatic carbocycles. The van der Waals surface area contributed by atoms with Crippen LogP contribution >= 0.6 is 0 Å². The number of hydrogen-bond acceptors (Lipinski definition) is 0. The quantitative estimate of drug-likeness (QED) is 0.718. The van der Waals surface area contributed by atoms with E-state index in [1.165, 1.54) is 19.3 Å². The molecule has 0 saturated heterocycles. The normalized spacial score (nSPS) is 31.4. The van der Waals surface area contributed by atoms with E-state index in [1.54, 1.807) is 8.92 Å². The van der Waals surface area contributed by atoms with Crippen LogP contribution in [0.2, 0.25) is 8.63 Å². The summed E-state index contributed by atoms with van der Waals surface area (Å²) in [4.78, 5) is 0. The molecular weight excluding hydrogens is 362 g/mol. The summed E-state index contributed by atoms with van der Waals surface area (Å²) in [5.41, 5.74) is 0. The van der Waals surface area contributed by atoms with E-state index in [9.17, 15) is 0 Å². The topological polar surface area (TPSA) is 0 Å². The van der Waals surface area contributed by atoms with Gasteiger partial charge in [0.1, 0.15) is 0 Å². The molecule has 0 spiro atoms. The van der Waals surface area contributed by atoms with Crippen molar-refractivity contribution in [2.75, 3.05) is 0 Å². The van der Waals surface area contributed by atoms with Crippen molar-refractivity contribution in [3.05, 3.63) is 60.7 Å². The standard InChI is InChI=1S/C17H16Se2/c1-3-7-14(8-4-1)18-16-11-17(12-16,13-16)19-15-9-5-2-6-10-15/h1-10H,11-13H2. The van der Waals surface area contributed by atoms with E-state index in [2.05, 4.69) is 60.7 Å². The van der Waals surface area contributed by atoms with E-state index in [4.69, 9.17) is 0 Å². The summed E-state index contributed by atoms with van der Waals surface area (Å²) >= 11 is 1.39. The molecule has 3 saturated carbocycles. The maximum absolute atomic E-state index is 2.31. The molecule has 2 aromatic rings. The van der Waals surface area contributed by atoms with Gasteiger partial charge in [-0.25, -0.2) is 0 Å². The maximum atomic E-state index is 2.31. The van der Waals surface area contributed by atoms with Gasteiger partial charge in [0.25, 0.3) is 0 Å². The van der Waals surface area contributed by atoms with Gasteiger partial charge in [0, 0.05) is 0 Å². The Labute approximate surface area is 127 Å². The molecule has 2 heteroatoms. The zero-order valence-corrected chi connectivity index (χ0v) is 14.1. The molecule has 0 radical (unpaired) electrons. The van der Waals surface area contributed by atoms with E-state index in [1.807, 2.05) is 0 Å². The van der Waals surface area contributed by atoms with Crippen LogP contribution in [0.5, 0.6) is 0 Å². The van der Waals surface area contributed by atoms with E-state index >= 15 is 0 Å². The van der Waals surface area contributed by atoms with Crippen molar-refractivity contribution in [1.82, 2.24) is 0 Å². The summed E-state index contributed by atoms with van der Waals surface area (Å²) in [5.74, 6) is 0. The van der Waals surface area contributed by atoms with Crippen LogP contribution in [0.15, 0.2) is 60.7 Å². The third kappa shape index (κ3) is 2.22. The van der Waals surface area contributed by atoms with Crippen LogP contribution in [-0.4, -0.2) is 29.9 Å². The molecule has 0 aliphatic heterocycles. The molecule has 0 nitrogen and oxygen atoms in total. The van der Waals surface area contributed by atoms with Gasteiger partial charge in [-0.1, -0.05) is 0 Å². The van der Waals surface area contributed by atoms with Crippen LogP contribution in [0.25, 0.3) is 0 Å². The van der Waals surface area contributed by atoms with Crippen molar-refractivity contribution in [1.29, 1.82) is 0 Å². The van der Waals surface area contributed by atoms with E-state index in [0.29, 0.717) is 29.9 Å². The monoisotopic (exact) mass is 380 g/mol. The molecule has 19 heavy (non-hydrogen) atoms. The predicted molar refractivity (Wildman–Crippen MR) is 82.9 cm³/mol. The Morgan fingerprint density at radius 1 is 0.579 bits per heavy atom. The third-order valence-corrected chi connectivity index (χ3v) is 9.85. The Kier molecular flexibility index (Phi) is 2.90. The molecule has 2 aromatic carbocycles. The molecule has 0 atom stereocenters. The minimum absolute atomic E-state index is 0.697. The van der Waals surface area contributed by atoms with Gasteiger partial charge >= 0.3 is 127 Å². The zero-order chi connectivity index (χ0) is 12.8. The van der Waals surface area contributed by atoms with E-state index in [0.717, 1.165) is 8.63 Å². The second-order valence-electron chi connectivity index (χ2n) is 5.73. The van der Waals surface area contributed by atoms with Crippen molar-refractivity contribution >= 4 is 38.8 Å². The van der Waals surface area contributed by atoms with Crippen molar-refractivity contribution in [2.45, 2.75) is 27.9 Å². The first kappa shape index (κ1) is 12.2. The Morgan fingerprint density at radius 2 is 0.947 bits per heavy atom. The number of hydrogen-bond donors (Lipinski definition) is 0. The predicted octanol–water partition coefficient (Wildman–Crippen LogP) is 2.56. The van der Waals surface area contributed by atoms with Crippen LogP contribution in [0, 0.1) is 0 Å². The van der Waals surface area contributed by atoms with Crippen LogP contribution < -0.4 is 8.92 Å². The molecule has 0 unspecified atom stereocenters. The molecule has 0 heterocycles. The van der Waals surface area contributed by atoms with Crippen LogP contribution in [0.3, 0.4) is 0 Å². The van der Waals surface area contributed by atoms with Gasteiger partial charge in [-0.15, -0.1) is 0 Å². The van der Waals surface area contributed by atoms with Gasteiger partial charge in [0.15, 0.2) is 0 Å². The molecule has 5 rings (SSSR count).